The first-order chi connectivity index (χ1) is 6.80. The molecular formula is C12H17FO2. The van der Waals surface area contributed by atoms with Gasteiger partial charge in [-0.25, -0.2) is 4.39 Å². The van der Waals surface area contributed by atoms with E-state index in [2.05, 4.69) is 0 Å². The second kappa shape index (κ2) is 4.19. The van der Waals surface area contributed by atoms with Gasteiger partial charge < -0.3 is 9.84 Å². The van der Waals surface area contributed by atoms with Crippen LogP contribution >= 0.6 is 0 Å². The minimum absolute atomic E-state index is 0.296. The van der Waals surface area contributed by atoms with E-state index in [0.717, 1.165) is 0 Å². The van der Waals surface area contributed by atoms with Gasteiger partial charge in [0.05, 0.1) is 5.60 Å². The Morgan fingerprint density at radius 1 is 1.40 bits per heavy atom. The minimum atomic E-state index is -0.943. The molecule has 0 heterocycles. The highest BCUT2D eigenvalue weighted by atomic mass is 19.1. The first-order valence-electron chi connectivity index (χ1n) is 4.96. The Balaban J connectivity index is 2.78. The van der Waals surface area contributed by atoms with E-state index in [1.807, 2.05) is 0 Å². The van der Waals surface area contributed by atoms with Gasteiger partial charge in [0.2, 0.25) is 0 Å². The summed E-state index contributed by atoms with van der Waals surface area (Å²) in [5, 5.41) is 9.65. The molecule has 0 fully saturated rings. The van der Waals surface area contributed by atoms with Crippen molar-refractivity contribution in [1.82, 2.24) is 0 Å². The smallest absolute Gasteiger partial charge is 0.129 e. The maximum atomic E-state index is 13.2. The van der Waals surface area contributed by atoms with Crippen molar-refractivity contribution in [3.05, 3.63) is 29.6 Å². The molecule has 0 aliphatic heterocycles. The monoisotopic (exact) mass is 212 g/mol. The number of benzene rings is 1. The van der Waals surface area contributed by atoms with Gasteiger partial charge in [-0.1, -0.05) is 6.07 Å². The SMILES string of the molecule is Cc1ccc(OC(C)C(C)(C)O)cc1F. The topological polar surface area (TPSA) is 29.5 Å². The zero-order valence-corrected chi connectivity index (χ0v) is 9.54. The molecule has 1 unspecified atom stereocenters. The zero-order valence-electron chi connectivity index (χ0n) is 9.54. The van der Waals surface area contributed by atoms with Crippen molar-refractivity contribution < 1.29 is 14.2 Å². The highest BCUT2D eigenvalue weighted by Crippen LogP contribution is 2.20. The number of ether oxygens (including phenoxy) is 1. The van der Waals surface area contributed by atoms with Crippen LogP contribution in [0.5, 0.6) is 5.75 Å². The van der Waals surface area contributed by atoms with E-state index in [1.54, 1.807) is 39.8 Å². The van der Waals surface area contributed by atoms with Crippen molar-refractivity contribution in [3.8, 4) is 5.75 Å². The average molecular weight is 212 g/mol. The summed E-state index contributed by atoms with van der Waals surface area (Å²) in [6.07, 6.45) is -0.389. The van der Waals surface area contributed by atoms with Crippen LogP contribution in [0, 0.1) is 12.7 Å². The van der Waals surface area contributed by atoms with Crippen LogP contribution in [0.2, 0.25) is 0 Å². The van der Waals surface area contributed by atoms with E-state index in [9.17, 15) is 9.50 Å². The second-order valence-corrected chi connectivity index (χ2v) is 4.32. The third kappa shape index (κ3) is 3.20. The molecule has 1 N–H and O–H groups in total. The van der Waals surface area contributed by atoms with E-state index in [0.29, 0.717) is 11.3 Å². The van der Waals surface area contributed by atoms with Crippen molar-refractivity contribution in [3.63, 3.8) is 0 Å². The Kier molecular flexibility index (Phi) is 3.35. The first-order valence-corrected chi connectivity index (χ1v) is 4.96. The highest BCUT2D eigenvalue weighted by Gasteiger charge is 2.24. The van der Waals surface area contributed by atoms with Crippen LogP contribution in [0.15, 0.2) is 18.2 Å². The molecule has 1 atom stereocenters. The summed E-state index contributed by atoms with van der Waals surface area (Å²) in [6, 6.07) is 4.68. The summed E-state index contributed by atoms with van der Waals surface area (Å²) in [4.78, 5) is 0. The molecule has 3 heteroatoms. The lowest BCUT2D eigenvalue weighted by Gasteiger charge is -2.26. The molecule has 0 bridgehead atoms. The lowest BCUT2D eigenvalue weighted by Crippen LogP contribution is -2.37. The molecule has 1 aromatic rings. The van der Waals surface area contributed by atoms with Crippen LogP contribution in [0.4, 0.5) is 4.39 Å². The van der Waals surface area contributed by atoms with Crippen molar-refractivity contribution in [2.24, 2.45) is 0 Å². The quantitative estimate of drug-likeness (QED) is 0.834. The number of halogens is 1. The lowest BCUT2D eigenvalue weighted by molar-refractivity contribution is -0.0242. The summed E-state index contributed by atoms with van der Waals surface area (Å²) in [6.45, 7) is 6.75. The van der Waals surface area contributed by atoms with Gasteiger partial charge in [-0.3, -0.25) is 0 Å². The van der Waals surface area contributed by atoms with Crippen LogP contribution < -0.4 is 4.74 Å². The third-order valence-corrected chi connectivity index (χ3v) is 2.45. The number of hydrogen-bond acceptors (Lipinski definition) is 2. The van der Waals surface area contributed by atoms with Crippen LogP contribution in [-0.2, 0) is 0 Å². The molecule has 0 amide bonds. The van der Waals surface area contributed by atoms with Gasteiger partial charge in [0.25, 0.3) is 0 Å². The fourth-order valence-corrected chi connectivity index (χ4v) is 0.995. The van der Waals surface area contributed by atoms with E-state index in [4.69, 9.17) is 4.74 Å². The zero-order chi connectivity index (χ0) is 11.6. The van der Waals surface area contributed by atoms with Gasteiger partial charge in [-0.2, -0.15) is 0 Å². The number of hydrogen-bond donors (Lipinski definition) is 1. The molecule has 84 valence electrons. The maximum Gasteiger partial charge on any atom is 0.129 e. The maximum absolute atomic E-state index is 13.2. The van der Waals surface area contributed by atoms with Crippen LogP contribution in [-0.4, -0.2) is 16.8 Å². The van der Waals surface area contributed by atoms with E-state index < -0.39 is 5.60 Å². The molecular weight excluding hydrogens is 195 g/mol. The Hall–Kier alpha value is -1.09. The Labute approximate surface area is 89.7 Å². The molecule has 0 aliphatic carbocycles. The van der Waals surface area contributed by atoms with E-state index >= 15 is 0 Å². The molecule has 0 saturated carbocycles. The van der Waals surface area contributed by atoms with Crippen LogP contribution in [0.3, 0.4) is 0 Å². The Morgan fingerprint density at radius 3 is 2.47 bits per heavy atom. The van der Waals surface area contributed by atoms with Gasteiger partial charge in [0.1, 0.15) is 17.7 Å². The molecule has 0 aliphatic rings. The minimum Gasteiger partial charge on any atom is -0.488 e. The standard InChI is InChI=1S/C12H17FO2/c1-8-5-6-10(7-11(8)13)15-9(2)12(3,4)14/h5-7,9,14H,1-4H3. The van der Waals surface area contributed by atoms with Crippen molar-refractivity contribution >= 4 is 0 Å². The van der Waals surface area contributed by atoms with Gasteiger partial charge in [0.15, 0.2) is 0 Å². The predicted octanol–water partition coefficient (Wildman–Crippen LogP) is 2.67. The second-order valence-electron chi connectivity index (χ2n) is 4.32. The fourth-order valence-electron chi connectivity index (χ4n) is 0.995. The number of aliphatic hydroxyl groups is 1. The normalized spacial score (nSPS) is 13.7. The van der Waals surface area contributed by atoms with Gasteiger partial charge in [-0.15, -0.1) is 0 Å². The molecule has 1 aromatic carbocycles. The largest absolute Gasteiger partial charge is 0.488 e. The van der Waals surface area contributed by atoms with E-state index in [1.165, 1.54) is 6.07 Å². The van der Waals surface area contributed by atoms with Crippen molar-refractivity contribution in [2.45, 2.75) is 39.4 Å². The molecule has 0 saturated heterocycles. The third-order valence-electron chi connectivity index (χ3n) is 2.45. The average Bonchev–Trinajstić information content (AvgIpc) is 2.10. The predicted molar refractivity (Wildman–Crippen MR) is 57.5 cm³/mol. The van der Waals surface area contributed by atoms with E-state index in [-0.39, 0.29) is 11.9 Å². The number of rotatable bonds is 3. The van der Waals surface area contributed by atoms with Gasteiger partial charge in [0, 0.05) is 6.07 Å². The first kappa shape index (κ1) is 12.0. The molecule has 2 nitrogen and oxygen atoms in total. The van der Waals surface area contributed by atoms with Crippen LogP contribution in [0.25, 0.3) is 0 Å². The summed E-state index contributed by atoms with van der Waals surface area (Å²) >= 11 is 0. The van der Waals surface area contributed by atoms with Crippen molar-refractivity contribution in [2.75, 3.05) is 0 Å². The van der Waals surface area contributed by atoms with Gasteiger partial charge in [-0.05, 0) is 39.3 Å². The van der Waals surface area contributed by atoms with Crippen molar-refractivity contribution in [1.29, 1.82) is 0 Å². The summed E-state index contributed by atoms with van der Waals surface area (Å²) in [7, 11) is 0. The number of aryl methyl sites for hydroxylation is 1. The van der Waals surface area contributed by atoms with Gasteiger partial charge >= 0.3 is 0 Å². The fraction of sp³-hybridized carbons (Fsp3) is 0.500. The summed E-state index contributed by atoms with van der Waals surface area (Å²) < 4.78 is 18.6. The summed E-state index contributed by atoms with van der Waals surface area (Å²) in [5.41, 5.74) is -0.361. The van der Waals surface area contributed by atoms with Crippen LogP contribution in [0.1, 0.15) is 26.3 Å². The molecule has 0 radical (unpaired) electrons. The molecule has 15 heavy (non-hydrogen) atoms. The Morgan fingerprint density at radius 2 is 2.00 bits per heavy atom. The summed E-state index contributed by atoms with van der Waals surface area (Å²) in [5.74, 6) is 0.142. The molecule has 1 rings (SSSR count). The molecule has 0 spiro atoms. The molecule has 0 aromatic heterocycles. The lowest BCUT2D eigenvalue weighted by atomic mass is 10.0. The highest BCUT2D eigenvalue weighted by molar-refractivity contribution is 5.28. The Bertz CT molecular complexity index is 342.